The number of rotatable bonds is 4. The fourth-order valence-corrected chi connectivity index (χ4v) is 2.20. The zero-order chi connectivity index (χ0) is 10.8. The van der Waals surface area contributed by atoms with Crippen LogP contribution in [0.5, 0.6) is 0 Å². The number of nitrogens with two attached hydrogens (primary N) is 1. The zero-order valence-electron chi connectivity index (χ0n) is 8.14. The van der Waals surface area contributed by atoms with Crippen molar-refractivity contribution in [1.82, 2.24) is 14.5 Å². The summed E-state index contributed by atoms with van der Waals surface area (Å²) < 4.78 is 24.8. The molecule has 0 amide bonds. The first-order valence-corrected chi connectivity index (χ1v) is 5.61. The topological polar surface area (TPSA) is 92.1 Å². The fraction of sp³-hybridized carbons (Fsp3) is 0.571. The smallest absolute Gasteiger partial charge is 0.260 e. The summed E-state index contributed by atoms with van der Waals surface area (Å²) in [5.74, 6) is 0. The van der Waals surface area contributed by atoms with Gasteiger partial charge in [-0.25, -0.2) is 8.42 Å². The lowest BCUT2D eigenvalue weighted by Crippen LogP contribution is -2.39. The minimum absolute atomic E-state index is 0.0836. The normalized spacial score (nSPS) is 14.6. The van der Waals surface area contributed by atoms with E-state index < -0.39 is 10.0 Å². The van der Waals surface area contributed by atoms with Gasteiger partial charge in [-0.2, -0.15) is 9.40 Å². The van der Waals surface area contributed by atoms with Crippen molar-refractivity contribution in [3.05, 3.63) is 12.3 Å². The van der Waals surface area contributed by atoms with E-state index in [1.54, 1.807) is 6.92 Å². The van der Waals surface area contributed by atoms with Crippen molar-refractivity contribution >= 4 is 10.0 Å². The molecular formula is C7H14N4O2S. The Morgan fingerprint density at radius 2 is 2.36 bits per heavy atom. The molecule has 0 aliphatic rings. The van der Waals surface area contributed by atoms with Gasteiger partial charge in [-0.05, 0) is 13.0 Å². The SMILES string of the molecule is CC(CN)N(C)S(=O)(=O)c1ccn[nH]1. The highest BCUT2D eigenvalue weighted by Crippen LogP contribution is 2.12. The monoisotopic (exact) mass is 218 g/mol. The van der Waals surface area contributed by atoms with Gasteiger partial charge >= 0.3 is 0 Å². The summed E-state index contributed by atoms with van der Waals surface area (Å²) in [5, 5.41) is 6.09. The number of hydrogen-bond acceptors (Lipinski definition) is 4. The molecule has 1 atom stereocenters. The largest absolute Gasteiger partial charge is 0.329 e. The second-order valence-electron chi connectivity index (χ2n) is 3.03. The summed E-state index contributed by atoms with van der Waals surface area (Å²) in [7, 11) is -1.98. The predicted molar refractivity (Wildman–Crippen MR) is 52.1 cm³/mol. The van der Waals surface area contributed by atoms with Gasteiger partial charge in [0.15, 0.2) is 5.03 Å². The lowest BCUT2D eigenvalue weighted by Gasteiger charge is -2.21. The molecule has 0 bridgehead atoms. The lowest BCUT2D eigenvalue weighted by atomic mass is 10.4. The van der Waals surface area contributed by atoms with Crippen molar-refractivity contribution in [1.29, 1.82) is 0 Å². The predicted octanol–water partition coefficient (Wildman–Crippen LogP) is -0.623. The maximum atomic E-state index is 11.8. The first-order valence-electron chi connectivity index (χ1n) is 4.17. The van der Waals surface area contributed by atoms with E-state index in [4.69, 9.17) is 5.73 Å². The van der Waals surface area contributed by atoms with Crippen molar-refractivity contribution < 1.29 is 8.42 Å². The van der Waals surface area contributed by atoms with Crippen LogP contribution in [0.4, 0.5) is 0 Å². The highest BCUT2D eigenvalue weighted by Gasteiger charge is 2.25. The number of sulfonamides is 1. The molecule has 0 spiro atoms. The van der Waals surface area contributed by atoms with Gasteiger partial charge < -0.3 is 5.73 Å². The third-order valence-corrected chi connectivity index (χ3v) is 4.00. The summed E-state index contributed by atoms with van der Waals surface area (Å²) in [6.07, 6.45) is 1.40. The van der Waals surface area contributed by atoms with Crippen LogP contribution in [-0.4, -0.2) is 42.6 Å². The van der Waals surface area contributed by atoms with E-state index in [-0.39, 0.29) is 17.6 Å². The molecule has 0 radical (unpaired) electrons. The number of aromatic amines is 1. The van der Waals surface area contributed by atoms with E-state index in [0.29, 0.717) is 0 Å². The van der Waals surface area contributed by atoms with Crippen LogP contribution >= 0.6 is 0 Å². The van der Waals surface area contributed by atoms with E-state index in [1.807, 2.05) is 0 Å². The Hall–Kier alpha value is -0.920. The summed E-state index contributed by atoms with van der Waals surface area (Å²) in [6.45, 7) is 2.03. The number of nitrogens with zero attached hydrogens (tertiary/aromatic N) is 2. The molecule has 80 valence electrons. The van der Waals surface area contributed by atoms with Crippen LogP contribution in [0, 0.1) is 0 Å². The standard InChI is InChI=1S/C7H14N4O2S/c1-6(5-8)11(2)14(12,13)7-3-4-9-10-7/h3-4,6H,5,8H2,1-2H3,(H,9,10). The van der Waals surface area contributed by atoms with Gasteiger partial charge in [0.2, 0.25) is 0 Å². The van der Waals surface area contributed by atoms with E-state index in [1.165, 1.54) is 23.6 Å². The van der Waals surface area contributed by atoms with Crippen LogP contribution in [0.3, 0.4) is 0 Å². The lowest BCUT2D eigenvalue weighted by molar-refractivity contribution is 0.393. The molecule has 1 rings (SSSR count). The molecule has 0 aromatic carbocycles. The highest BCUT2D eigenvalue weighted by molar-refractivity contribution is 7.89. The van der Waals surface area contributed by atoms with E-state index in [2.05, 4.69) is 10.2 Å². The third-order valence-electron chi connectivity index (χ3n) is 2.09. The Morgan fingerprint density at radius 1 is 1.71 bits per heavy atom. The van der Waals surface area contributed by atoms with Gasteiger partial charge in [0.05, 0.1) is 6.20 Å². The summed E-state index contributed by atoms with van der Waals surface area (Å²) in [4.78, 5) is 0. The third kappa shape index (κ3) is 1.94. The van der Waals surface area contributed by atoms with Crippen molar-refractivity contribution in [2.24, 2.45) is 5.73 Å². The maximum absolute atomic E-state index is 11.8. The first-order chi connectivity index (χ1) is 6.50. The van der Waals surface area contributed by atoms with Gasteiger partial charge in [0.25, 0.3) is 10.0 Å². The number of hydrogen-bond donors (Lipinski definition) is 2. The van der Waals surface area contributed by atoms with Crippen LogP contribution in [0.25, 0.3) is 0 Å². The summed E-state index contributed by atoms with van der Waals surface area (Å²) in [6, 6.07) is 1.18. The van der Waals surface area contributed by atoms with Crippen LogP contribution in [0.1, 0.15) is 6.92 Å². The average molecular weight is 218 g/mol. The molecule has 7 heteroatoms. The molecule has 1 aromatic heterocycles. The van der Waals surface area contributed by atoms with Gasteiger partial charge in [0.1, 0.15) is 0 Å². The van der Waals surface area contributed by atoms with Crippen molar-refractivity contribution in [3.8, 4) is 0 Å². The quantitative estimate of drug-likeness (QED) is 0.704. The molecule has 1 aromatic rings. The Bertz CT molecular complexity index is 372. The molecule has 0 fully saturated rings. The van der Waals surface area contributed by atoms with Gasteiger partial charge in [-0.3, -0.25) is 5.10 Å². The van der Waals surface area contributed by atoms with Crippen molar-refractivity contribution in [3.63, 3.8) is 0 Å². The molecular weight excluding hydrogens is 204 g/mol. The zero-order valence-corrected chi connectivity index (χ0v) is 8.95. The molecule has 14 heavy (non-hydrogen) atoms. The Kier molecular flexibility index (Phi) is 3.25. The molecule has 6 nitrogen and oxygen atoms in total. The van der Waals surface area contributed by atoms with Gasteiger partial charge in [-0.1, -0.05) is 0 Å². The van der Waals surface area contributed by atoms with Crippen LogP contribution in [-0.2, 0) is 10.0 Å². The number of nitrogens with one attached hydrogen (secondary N) is 1. The molecule has 0 saturated heterocycles. The van der Waals surface area contributed by atoms with Crippen LogP contribution < -0.4 is 5.73 Å². The number of likely N-dealkylation sites (N-methyl/N-ethyl adjacent to an activating group) is 1. The van der Waals surface area contributed by atoms with Crippen molar-refractivity contribution in [2.75, 3.05) is 13.6 Å². The summed E-state index contributed by atoms with van der Waals surface area (Å²) >= 11 is 0. The molecule has 1 unspecified atom stereocenters. The molecule has 0 aliphatic carbocycles. The first kappa shape index (κ1) is 11.2. The highest BCUT2D eigenvalue weighted by atomic mass is 32.2. The van der Waals surface area contributed by atoms with Crippen molar-refractivity contribution in [2.45, 2.75) is 18.0 Å². The molecule has 3 N–H and O–H groups in total. The number of H-pyrrole nitrogens is 1. The van der Waals surface area contributed by atoms with E-state index in [9.17, 15) is 8.42 Å². The maximum Gasteiger partial charge on any atom is 0.260 e. The average Bonchev–Trinajstić information content (AvgIpc) is 2.68. The minimum Gasteiger partial charge on any atom is -0.329 e. The Labute approximate surface area is 83.1 Å². The second kappa shape index (κ2) is 4.07. The van der Waals surface area contributed by atoms with E-state index in [0.717, 1.165) is 0 Å². The van der Waals surface area contributed by atoms with Gasteiger partial charge in [0, 0.05) is 19.6 Å². The van der Waals surface area contributed by atoms with Crippen LogP contribution in [0.15, 0.2) is 17.3 Å². The molecule has 1 heterocycles. The number of aromatic nitrogens is 2. The minimum atomic E-state index is -3.47. The van der Waals surface area contributed by atoms with Gasteiger partial charge in [-0.15, -0.1) is 0 Å². The van der Waals surface area contributed by atoms with Crippen LogP contribution in [0.2, 0.25) is 0 Å². The Balaban J connectivity index is 2.97. The van der Waals surface area contributed by atoms with E-state index >= 15 is 0 Å². The summed E-state index contributed by atoms with van der Waals surface area (Å²) in [5.41, 5.74) is 5.39. The fourth-order valence-electron chi connectivity index (χ4n) is 0.927. The molecule has 0 saturated carbocycles. The second-order valence-corrected chi connectivity index (χ2v) is 4.99. The molecule has 0 aliphatic heterocycles. The Morgan fingerprint density at radius 3 is 2.79 bits per heavy atom.